The van der Waals surface area contributed by atoms with E-state index >= 15 is 0 Å². The van der Waals surface area contributed by atoms with E-state index in [9.17, 15) is 19.2 Å². The molecule has 1 heterocycles. The first kappa shape index (κ1) is 10.2. The first-order valence-corrected chi connectivity index (χ1v) is 3.97. The van der Waals surface area contributed by atoms with Crippen molar-refractivity contribution in [1.29, 1.82) is 0 Å². The summed E-state index contributed by atoms with van der Waals surface area (Å²) < 4.78 is 0. The molecule has 0 atom stereocenters. The number of nitrogens with zero attached hydrogens (tertiary/aromatic N) is 1. The summed E-state index contributed by atoms with van der Waals surface area (Å²) >= 11 is 0. The first-order chi connectivity index (χ1) is 6.52. The van der Waals surface area contributed by atoms with Gasteiger partial charge in [0.05, 0.1) is 0 Å². The highest BCUT2D eigenvalue weighted by molar-refractivity contribution is 6.44. The molecule has 1 aliphatic rings. The van der Waals surface area contributed by atoms with Gasteiger partial charge in [0.15, 0.2) is 0 Å². The van der Waals surface area contributed by atoms with Gasteiger partial charge in [-0.25, -0.2) is 4.79 Å². The molecule has 7 nitrogen and oxygen atoms in total. The zero-order valence-corrected chi connectivity index (χ0v) is 7.28. The van der Waals surface area contributed by atoms with Crippen LogP contribution in [0, 0.1) is 0 Å². The van der Waals surface area contributed by atoms with Crippen molar-refractivity contribution in [3.05, 3.63) is 0 Å². The number of rotatable bonds is 4. The molecule has 0 bridgehead atoms. The molecule has 0 aromatic rings. The molecule has 3 N–H and O–H groups in total. The van der Waals surface area contributed by atoms with Crippen LogP contribution in [-0.4, -0.2) is 35.2 Å². The molecule has 5 amide bonds. The number of hydrogen-bond acceptors (Lipinski definition) is 4. The third kappa shape index (κ3) is 2.06. The highest BCUT2D eigenvalue weighted by Crippen LogP contribution is 2.02. The highest BCUT2D eigenvalue weighted by Gasteiger charge is 2.36. The average molecular weight is 199 g/mol. The lowest BCUT2D eigenvalue weighted by molar-refractivity contribution is -0.140. The Labute approximate surface area is 79.2 Å². The Morgan fingerprint density at radius 1 is 1.36 bits per heavy atom. The summed E-state index contributed by atoms with van der Waals surface area (Å²) in [6.07, 6.45) is 0.340. The summed E-state index contributed by atoms with van der Waals surface area (Å²) in [6.45, 7) is 0.0271. The van der Waals surface area contributed by atoms with Crippen LogP contribution in [0.1, 0.15) is 12.8 Å². The van der Waals surface area contributed by atoms with Gasteiger partial charge in [0, 0.05) is 13.0 Å². The van der Waals surface area contributed by atoms with Gasteiger partial charge in [-0.05, 0) is 6.42 Å². The lowest BCUT2D eigenvalue weighted by Crippen LogP contribution is -2.32. The minimum Gasteiger partial charge on any atom is -0.370 e. The van der Waals surface area contributed by atoms with Crippen molar-refractivity contribution in [2.24, 2.45) is 5.73 Å². The smallest absolute Gasteiger partial charge is 0.331 e. The molecule has 14 heavy (non-hydrogen) atoms. The molecule has 0 spiro atoms. The van der Waals surface area contributed by atoms with E-state index in [2.05, 4.69) is 0 Å². The van der Waals surface area contributed by atoms with E-state index in [-0.39, 0.29) is 19.4 Å². The van der Waals surface area contributed by atoms with E-state index in [1.54, 1.807) is 0 Å². The molecule has 7 heteroatoms. The van der Waals surface area contributed by atoms with Crippen LogP contribution in [0.4, 0.5) is 4.79 Å². The Bertz CT molecular complexity index is 312. The van der Waals surface area contributed by atoms with Crippen LogP contribution in [0.25, 0.3) is 0 Å². The molecular weight excluding hydrogens is 190 g/mol. The molecule has 0 radical (unpaired) electrons. The summed E-state index contributed by atoms with van der Waals surface area (Å²) in [6, 6.07) is -0.746. The number of imide groups is 2. The van der Waals surface area contributed by atoms with Crippen LogP contribution in [0.15, 0.2) is 0 Å². The first-order valence-electron chi connectivity index (χ1n) is 3.97. The molecule has 76 valence electrons. The van der Waals surface area contributed by atoms with Gasteiger partial charge in [-0.1, -0.05) is 0 Å². The van der Waals surface area contributed by atoms with E-state index in [1.807, 2.05) is 5.32 Å². The van der Waals surface area contributed by atoms with Crippen molar-refractivity contribution >= 4 is 23.8 Å². The molecule has 0 aromatic heterocycles. The van der Waals surface area contributed by atoms with Crippen molar-refractivity contribution < 1.29 is 19.2 Å². The summed E-state index contributed by atoms with van der Waals surface area (Å²) in [5, 5.41) is 1.84. The number of nitrogens with one attached hydrogen (secondary N) is 1. The van der Waals surface area contributed by atoms with E-state index in [0.717, 1.165) is 4.90 Å². The second-order valence-corrected chi connectivity index (χ2v) is 2.79. The minimum atomic E-state index is -0.936. The SMILES string of the molecule is NC(=O)CCCN1C(=O)NC(=O)C1=O. The van der Waals surface area contributed by atoms with Gasteiger partial charge < -0.3 is 5.73 Å². The summed E-state index contributed by atoms with van der Waals surface area (Å²) in [5.41, 5.74) is 4.86. The Morgan fingerprint density at radius 3 is 2.43 bits per heavy atom. The molecule has 0 unspecified atom stereocenters. The minimum absolute atomic E-state index is 0.0271. The molecule has 0 saturated carbocycles. The van der Waals surface area contributed by atoms with Crippen molar-refractivity contribution in [3.8, 4) is 0 Å². The van der Waals surface area contributed by atoms with Gasteiger partial charge in [0.1, 0.15) is 0 Å². The standard InChI is InChI=1S/C7H9N3O4/c8-4(11)2-1-3-10-6(13)5(12)9-7(10)14/h1-3H2,(H2,8,11)(H,9,12,14). The van der Waals surface area contributed by atoms with E-state index < -0.39 is 23.8 Å². The van der Waals surface area contributed by atoms with Crippen LogP contribution >= 0.6 is 0 Å². The average Bonchev–Trinajstić information content (AvgIpc) is 2.31. The van der Waals surface area contributed by atoms with Crippen molar-refractivity contribution in [2.75, 3.05) is 6.54 Å². The fourth-order valence-corrected chi connectivity index (χ4v) is 1.05. The van der Waals surface area contributed by atoms with Gasteiger partial charge in [0.25, 0.3) is 0 Å². The van der Waals surface area contributed by atoms with Gasteiger partial charge in [-0.3, -0.25) is 24.6 Å². The number of nitrogens with two attached hydrogens (primary N) is 1. The summed E-state index contributed by atoms with van der Waals surface area (Å²) in [4.78, 5) is 43.7. The molecule has 0 aliphatic carbocycles. The third-order valence-electron chi connectivity index (χ3n) is 1.71. The number of carbonyl (C=O) groups is 4. The topological polar surface area (TPSA) is 110 Å². The predicted octanol–water partition coefficient (Wildman–Crippen LogP) is -1.67. The van der Waals surface area contributed by atoms with Gasteiger partial charge >= 0.3 is 17.8 Å². The Balaban J connectivity index is 2.45. The summed E-state index contributed by atoms with van der Waals surface area (Å²) in [7, 11) is 0. The normalized spacial score (nSPS) is 16.0. The quantitative estimate of drug-likeness (QED) is 0.416. The lowest BCUT2D eigenvalue weighted by atomic mass is 10.3. The zero-order chi connectivity index (χ0) is 10.7. The van der Waals surface area contributed by atoms with Crippen molar-refractivity contribution in [1.82, 2.24) is 10.2 Å². The largest absolute Gasteiger partial charge is 0.370 e. The van der Waals surface area contributed by atoms with E-state index in [4.69, 9.17) is 5.73 Å². The van der Waals surface area contributed by atoms with E-state index in [0.29, 0.717) is 0 Å². The van der Waals surface area contributed by atoms with Crippen LogP contribution in [0.2, 0.25) is 0 Å². The molecule has 1 fully saturated rings. The second-order valence-electron chi connectivity index (χ2n) is 2.79. The van der Waals surface area contributed by atoms with E-state index in [1.165, 1.54) is 0 Å². The van der Waals surface area contributed by atoms with Crippen LogP contribution < -0.4 is 11.1 Å². The van der Waals surface area contributed by atoms with Gasteiger partial charge in [0.2, 0.25) is 5.91 Å². The number of hydrogen-bond donors (Lipinski definition) is 2. The maximum Gasteiger partial charge on any atom is 0.331 e. The maximum absolute atomic E-state index is 11.0. The third-order valence-corrected chi connectivity index (χ3v) is 1.71. The molecule has 1 saturated heterocycles. The molecular formula is C7H9N3O4. The second kappa shape index (κ2) is 3.86. The van der Waals surface area contributed by atoms with Crippen molar-refractivity contribution in [2.45, 2.75) is 12.8 Å². The van der Waals surface area contributed by atoms with Crippen LogP contribution in [0.5, 0.6) is 0 Å². The van der Waals surface area contributed by atoms with Crippen molar-refractivity contribution in [3.63, 3.8) is 0 Å². The van der Waals surface area contributed by atoms with Gasteiger partial charge in [-0.2, -0.15) is 0 Å². The summed E-state index contributed by atoms with van der Waals surface area (Å²) in [5.74, 6) is -2.34. The van der Waals surface area contributed by atoms with Crippen LogP contribution in [-0.2, 0) is 14.4 Å². The molecule has 1 rings (SSSR count). The Hall–Kier alpha value is -1.92. The molecule has 1 aliphatic heterocycles. The number of urea groups is 1. The Kier molecular flexibility index (Phi) is 2.80. The van der Waals surface area contributed by atoms with Gasteiger partial charge in [-0.15, -0.1) is 0 Å². The maximum atomic E-state index is 11.0. The zero-order valence-electron chi connectivity index (χ0n) is 7.28. The Morgan fingerprint density at radius 2 is 2.00 bits per heavy atom. The highest BCUT2D eigenvalue weighted by atomic mass is 16.2. The lowest BCUT2D eigenvalue weighted by Gasteiger charge is -2.09. The fraction of sp³-hybridized carbons (Fsp3) is 0.429. The van der Waals surface area contributed by atoms with Crippen LogP contribution in [0.3, 0.4) is 0 Å². The fourth-order valence-electron chi connectivity index (χ4n) is 1.05. The number of carbonyl (C=O) groups excluding carboxylic acids is 4. The number of amides is 5. The monoisotopic (exact) mass is 199 g/mol. The molecule has 0 aromatic carbocycles. The predicted molar refractivity (Wildman–Crippen MR) is 43.7 cm³/mol. The number of primary amides is 1.